The minimum atomic E-state index is -0.637. The summed E-state index contributed by atoms with van der Waals surface area (Å²) in [5.41, 5.74) is 2.55. The Balaban J connectivity index is 1.46. The second kappa shape index (κ2) is 8.57. The number of hydrogen-bond acceptors (Lipinski definition) is 3. The number of aromatic amines is 1. The molecule has 2 heterocycles. The monoisotopic (exact) mass is 408 g/mol. The van der Waals surface area contributed by atoms with Crippen LogP contribution in [0, 0.1) is 5.82 Å². The molecule has 2 amide bonds. The molecule has 6 nitrogen and oxygen atoms in total. The molecule has 1 aliphatic heterocycles. The SMILES string of the molecule is CC(=O)N[C@@H](Cc1c[nH]c2ccccc12)C(=O)N1CCN(c2ccccc2F)CC1. The molecule has 2 N–H and O–H groups in total. The van der Waals surface area contributed by atoms with Crippen LogP contribution in [0.1, 0.15) is 12.5 Å². The van der Waals surface area contributed by atoms with E-state index in [0.29, 0.717) is 38.3 Å². The van der Waals surface area contributed by atoms with E-state index in [2.05, 4.69) is 10.3 Å². The van der Waals surface area contributed by atoms with Gasteiger partial charge in [-0.1, -0.05) is 30.3 Å². The van der Waals surface area contributed by atoms with E-state index in [0.717, 1.165) is 16.5 Å². The molecule has 1 atom stereocenters. The van der Waals surface area contributed by atoms with Crippen molar-refractivity contribution in [3.8, 4) is 0 Å². The Morgan fingerprint density at radius 3 is 2.50 bits per heavy atom. The summed E-state index contributed by atoms with van der Waals surface area (Å²) in [6.07, 6.45) is 2.30. The van der Waals surface area contributed by atoms with Crippen molar-refractivity contribution in [1.29, 1.82) is 0 Å². The number of halogens is 1. The Bertz CT molecular complexity index is 1060. The summed E-state index contributed by atoms with van der Waals surface area (Å²) >= 11 is 0. The molecule has 1 aromatic heterocycles. The fourth-order valence-corrected chi connectivity index (χ4v) is 4.06. The molecule has 30 heavy (non-hydrogen) atoms. The molecule has 0 unspecified atom stereocenters. The van der Waals surface area contributed by atoms with Crippen LogP contribution in [-0.4, -0.2) is 53.9 Å². The number of carbonyl (C=O) groups excluding carboxylic acids is 2. The zero-order chi connectivity index (χ0) is 21.1. The normalized spacial score (nSPS) is 15.3. The van der Waals surface area contributed by atoms with Crippen LogP contribution in [-0.2, 0) is 16.0 Å². The van der Waals surface area contributed by atoms with Crippen LogP contribution < -0.4 is 10.2 Å². The van der Waals surface area contributed by atoms with E-state index in [9.17, 15) is 14.0 Å². The van der Waals surface area contributed by atoms with Crippen LogP contribution in [0.15, 0.2) is 54.7 Å². The fraction of sp³-hybridized carbons (Fsp3) is 0.304. The molecule has 1 saturated heterocycles. The van der Waals surface area contributed by atoms with Gasteiger partial charge in [0.25, 0.3) is 0 Å². The summed E-state index contributed by atoms with van der Waals surface area (Å²) in [7, 11) is 0. The summed E-state index contributed by atoms with van der Waals surface area (Å²) in [6, 6.07) is 13.9. The van der Waals surface area contributed by atoms with E-state index in [1.165, 1.54) is 13.0 Å². The van der Waals surface area contributed by atoms with Crippen molar-refractivity contribution in [3.63, 3.8) is 0 Å². The van der Waals surface area contributed by atoms with Crippen molar-refractivity contribution >= 4 is 28.4 Å². The molecule has 1 aliphatic rings. The number of nitrogens with zero attached hydrogens (tertiary/aromatic N) is 2. The Hall–Kier alpha value is -3.35. The Morgan fingerprint density at radius 1 is 1.07 bits per heavy atom. The maximum atomic E-state index is 14.1. The summed E-state index contributed by atoms with van der Waals surface area (Å²) in [5.74, 6) is -0.602. The number of piperazine rings is 1. The number of benzene rings is 2. The molecule has 3 aromatic rings. The average molecular weight is 408 g/mol. The average Bonchev–Trinajstić information content (AvgIpc) is 3.16. The first kappa shape index (κ1) is 19.9. The number of aromatic nitrogens is 1. The summed E-state index contributed by atoms with van der Waals surface area (Å²) in [5, 5.41) is 3.86. The molecule has 0 bridgehead atoms. The van der Waals surface area contributed by atoms with Crippen LogP contribution in [0.5, 0.6) is 0 Å². The van der Waals surface area contributed by atoms with Crippen molar-refractivity contribution in [2.45, 2.75) is 19.4 Å². The molecule has 4 rings (SSSR count). The highest BCUT2D eigenvalue weighted by Gasteiger charge is 2.29. The number of hydrogen-bond donors (Lipinski definition) is 2. The number of rotatable bonds is 5. The predicted molar refractivity (Wildman–Crippen MR) is 115 cm³/mol. The van der Waals surface area contributed by atoms with Gasteiger partial charge in [-0.15, -0.1) is 0 Å². The van der Waals surface area contributed by atoms with Crippen LogP contribution >= 0.6 is 0 Å². The lowest BCUT2D eigenvalue weighted by molar-refractivity contribution is -0.136. The van der Waals surface area contributed by atoms with Crippen molar-refractivity contribution in [1.82, 2.24) is 15.2 Å². The lowest BCUT2D eigenvalue weighted by atomic mass is 10.0. The smallest absolute Gasteiger partial charge is 0.245 e. The van der Waals surface area contributed by atoms with Crippen LogP contribution in [0.3, 0.4) is 0 Å². The third-order valence-electron chi connectivity index (χ3n) is 5.56. The minimum Gasteiger partial charge on any atom is -0.366 e. The summed E-state index contributed by atoms with van der Waals surface area (Å²) in [6.45, 7) is 3.49. The lowest BCUT2D eigenvalue weighted by Crippen LogP contribution is -2.55. The number of H-pyrrole nitrogens is 1. The molecule has 2 aromatic carbocycles. The number of anilines is 1. The molecule has 7 heteroatoms. The molecule has 156 valence electrons. The number of amides is 2. The first-order valence-electron chi connectivity index (χ1n) is 10.1. The van der Waals surface area contributed by atoms with Crippen molar-refractivity contribution in [2.75, 3.05) is 31.1 Å². The van der Waals surface area contributed by atoms with Gasteiger partial charge in [0.2, 0.25) is 11.8 Å². The van der Waals surface area contributed by atoms with Crippen molar-refractivity contribution in [2.24, 2.45) is 0 Å². The first-order valence-corrected chi connectivity index (χ1v) is 10.1. The van der Waals surface area contributed by atoms with Gasteiger partial charge in [-0.25, -0.2) is 4.39 Å². The van der Waals surface area contributed by atoms with Crippen LogP contribution in [0.25, 0.3) is 10.9 Å². The molecule has 0 aliphatic carbocycles. The van der Waals surface area contributed by atoms with E-state index >= 15 is 0 Å². The molecule has 1 fully saturated rings. The second-order valence-corrected chi connectivity index (χ2v) is 7.58. The molecule has 0 spiro atoms. The van der Waals surface area contributed by atoms with E-state index in [1.54, 1.807) is 17.0 Å². The minimum absolute atomic E-state index is 0.108. The molecule has 0 radical (unpaired) electrons. The number of carbonyl (C=O) groups is 2. The largest absolute Gasteiger partial charge is 0.366 e. The summed E-state index contributed by atoms with van der Waals surface area (Å²) < 4.78 is 14.1. The van der Waals surface area contributed by atoms with E-state index in [-0.39, 0.29) is 17.6 Å². The van der Waals surface area contributed by atoms with Gasteiger partial charge in [0.05, 0.1) is 5.69 Å². The number of nitrogens with one attached hydrogen (secondary N) is 2. The van der Waals surface area contributed by atoms with Gasteiger partial charge < -0.3 is 20.1 Å². The summed E-state index contributed by atoms with van der Waals surface area (Å²) in [4.78, 5) is 31.9. The highest BCUT2D eigenvalue weighted by atomic mass is 19.1. The number of fused-ring (bicyclic) bond motifs is 1. The van der Waals surface area contributed by atoms with E-state index < -0.39 is 6.04 Å². The third kappa shape index (κ3) is 4.15. The standard InChI is InChI=1S/C23H25FN4O2/c1-16(29)26-21(14-17-15-25-20-8-4-2-6-18(17)20)23(30)28-12-10-27(11-13-28)22-9-5-3-7-19(22)24/h2-9,15,21,25H,10-14H2,1H3,(H,26,29)/t21-/m0/s1. The highest BCUT2D eigenvalue weighted by Crippen LogP contribution is 2.22. The van der Waals surface area contributed by atoms with Gasteiger partial charge in [-0.2, -0.15) is 0 Å². The topological polar surface area (TPSA) is 68.4 Å². The first-order chi connectivity index (χ1) is 14.5. The Kier molecular flexibility index (Phi) is 5.70. The highest BCUT2D eigenvalue weighted by molar-refractivity contribution is 5.89. The fourth-order valence-electron chi connectivity index (χ4n) is 4.06. The van der Waals surface area contributed by atoms with Crippen molar-refractivity contribution in [3.05, 3.63) is 66.1 Å². The van der Waals surface area contributed by atoms with Gasteiger partial charge >= 0.3 is 0 Å². The van der Waals surface area contributed by atoms with Gasteiger partial charge in [-0.05, 0) is 23.8 Å². The zero-order valence-corrected chi connectivity index (χ0v) is 16.9. The van der Waals surface area contributed by atoms with Gasteiger partial charge in [0.15, 0.2) is 0 Å². The predicted octanol–water partition coefficient (Wildman–Crippen LogP) is 2.70. The van der Waals surface area contributed by atoms with Crippen LogP contribution in [0.2, 0.25) is 0 Å². The maximum absolute atomic E-state index is 14.1. The Labute approximate surface area is 174 Å². The van der Waals surface area contributed by atoms with Gasteiger partial charge in [0, 0.05) is 56.6 Å². The second-order valence-electron chi connectivity index (χ2n) is 7.58. The van der Waals surface area contributed by atoms with Gasteiger partial charge in [-0.3, -0.25) is 9.59 Å². The molecule has 0 saturated carbocycles. The van der Waals surface area contributed by atoms with Gasteiger partial charge in [0.1, 0.15) is 11.9 Å². The van der Waals surface area contributed by atoms with Crippen LogP contribution in [0.4, 0.5) is 10.1 Å². The zero-order valence-electron chi connectivity index (χ0n) is 16.9. The quantitative estimate of drug-likeness (QED) is 0.682. The van der Waals surface area contributed by atoms with Crippen molar-refractivity contribution < 1.29 is 14.0 Å². The Morgan fingerprint density at radius 2 is 1.77 bits per heavy atom. The van der Waals surface area contributed by atoms with E-state index in [4.69, 9.17) is 0 Å². The number of para-hydroxylation sites is 2. The molecular weight excluding hydrogens is 383 g/mol. The molecular formula is C23H25FN4O2. The van der Waals surface area contributed by atoms with E-state index in [1.807, 2.05) is 41.4 Å². The maximum Gasteiger partial charge on any atom is 0.245 e. The third-order valence-corrected chi connectivity index (χ3v) is 5.56. The lowest BCUT2D eigenvalue weighted by Gasteiger charge is -2.37.